The van der Waals surface area contributed by atoms with Gasteiger partial charge in [-0.05, 0) is 50.3 Å². The highest BCUT2D eigenvalue weighted by Crippen LogP contribution is 2.25. The highest BCUT2D eigenvalue weighted by atomic mass is 14.8. The van der Waals surface area contributed by atoms with Crippen LogP contribution in [0.4, 0.5) is 0 Å². The molecule has 1 aromatic carbocycles. The van der Waals surface area contributed by atoms with Crippen LogP contribution in [0.5, 0.6) is 0 Å². The summed E-state index contributed by atoms with van der Waals surface area (Å²) in [6.45, 7) is 11.4. The molecule has 0 atom stereocenters. The molecule has 0 aliphatic carbocycles. The van der Waals surface area contributed by atoms with Crippen molar-refractivity contribution < 1.29 is 0 Å². The lowest BCUT2D eigenvalue weighted by molar-refractivity contribution is 0.325. The lowest BCUT2D eigenvalue weighted by atomic mass is 9.82. The molecular weight excluding hydrogens is 218 g/mol. The first-order valence-corrected chi connectivity index (χ1v) is 7.30. The summed E-state index contributed by atoms with van der Waals surface area (Å²) < 4.78 is 0. The molecule has 0 saturated carbocycles. The van der Waals surface area contributed by atoms with Gasteiger partial charge in [-0.3, -0.25) is 0 Å². The summed E-state index contributed by atoms with van der Waals surface area (Å²) in [4.78, 5) is 0. The van der Waals surface area contributed by atoms with Crippen LogP contribution in [0, 0.1) is 12.3 Å². The molecule has 0 aliphatic heterocycles. The number of nitrogens with one attached hydrogen (secondary N) is 1. The Morgan fingerprint density at radius 3 is 2.33 bits per heavy atom. The second-order valence-electron chi connectivity index (χ2n) is 6.18. The number of hydrogen-bond acceptors (Lipinski definition) is 1. The molecule has 0 spiro atoms. The van der Waals surface area contributed by atoms with Crippen LogP contribution in [0.3, 0.4) is 0 Å². The molecule has 102 valence electrons. The summed E-state index contributed by atoms with van der Waals surface area (Å²) in [5, 5.41) is 3.54. The number of benzene rings is 1. The van der Waals surface area contributed by atoms with Crippen molar-refractivity contribution in [3.8, 4) is 0 Å². The average molecular weight is 247 g/mol. The molecule has 18 heavy (non-hydrogen) atoms. The van der Waals surface area contributed by atoms with E-state index in [1.54, 1.807) is 0 Å². The first-order chi connectivity index (χ1) is 8.53. The van der Waals surface area contributed by atoms with Gasteiger partial charge >= 0.3 is 0 Å². The van der Waals surface area contributed by atoms with E-state index in [1.807, 2.05) is 0 Å². The Balaban J connectivity index is 2.32. The van der Waals surface area contributed by atoms with Crippen molar-refractivity contribution in [1.82, 2.24) is 5.32 Å². The van der Waals surface area contributed by atoms with Crippen LogP contribution in [0.15, 0.2) is 24.3 Å². The zero-order chi connectivity index (χ0) is 13.4. The van der Waals surface area contributed by atoms with E-state index in [2.05, 4.69) is 57.3 Å². The summed E-state index contributed by atoms with van der Waals surface area (Å²) in [6, 6.07) is 8.96. The summed E-state index contributed by atoms with van der Waals surface area (Å²) in [5.74, 6) is 0. The average Bonchev–Trinajstić information content (AvgIpc) is 2.31. The third-order valence-corrected chi connectivity index (χ3v) is 3.49. The maximum absolute atomic E-state index is 3.54. The molecule has 0 saturated heterocycles. The Bertz CT molecular complexity index is 324. The summed E-state index contributed by atoms with van der Waals surface area (Å²) in [7, 11) is 0. The van der Waals surface area contributed by atoms with Gasteiger partial charge in [-0.1, -0.05) is 57.0 Å². The van der Waals surface area contributed by atoms with Gasteiger partial charge in [-0.15, -0.1) is 0 Å². The van der Waals surface area contributed by atoms with Crippen molar-refractivity contribution in [1.29, 1.82) is 0 Å². The molecule has 1 aromatic rings. The topological polar surface area (TPSA) is 12.0 Å². The zero-order valence-corrected chi connectivity index (χ0v) is 12.6. The minimum Gasteiger partial charge on any atom is -0.317 e. The fraction of sp³-hybridized carbons (Fsp3) is 0.647. The fourth-order valence-electron chi connectivity index (χ4n) is 2.20. The van der Waals surface area contributed by atoms with Crippen LogP contribution in [-0.4, -0.2) is 13.1 Å². The molecule has 1 nitrogen and oxygen atoms in total. The number of aryl methyl sites for hydroxylation is 1. The van der Waals surface area contributed by atoms with Crippen molar-refractivity contribution in [2.75, 3.05) is 13.1 Å². The molecule has 0 aliphatic rings. The first kappa shape index (κ1) is 15.2. The maximum atomic E-state index is 3.54. The third-order valence-electron chi connectivity index (χ3n) is 3.49. The van der Waals surface area contributed by atoms with Gasteiger partial charge < -0.3 is 5.32 Å². The zero-order valence-electron chi connectivity index (χ0n) is 12.6. The van der Waals surface area contributed by atoms with E-state index in [1.165, 1.54) is 36.8 Å². The van der Waals surface area contributed by atoms with E-state index in [0.717, 1.165) is 13.1 Å². The first-order valence-electron chi connectivity index (χ1n) is 7.30. The smallest absolute Gasteiger partial charge is 0.00437 e. The maximum Gasteiger partial charge on any atom is -0.00437 e. The quantitative estimate of drug-likeness (QED) is 0.674. The highest BCUT2D eigenvalue weighted by molar-refractivity contribution is 5.22. The van der Waals surface area contributed by atoms with Crippen LogP contribution in [0.2, 0.25) is 0 Å². The molecule has 0 radical (unpaired) electrons. The van der Waals surface area contributed by atoms with Crippen molar-refractivity contribution in [3.05, 3.63) is 35.4 Å². The van der Waals surface area contributed by atoms with Gasteiger partial charge in [-0.25, -0.2) is 0 Å². The van der Waals surface area contributed by atoms with Crippen molar-refractivity contribution in [2.24, 2.45) is 5.41 Å². The minimum atomic E-state index is 0.383. The second-order valence-corrected chi connectivity index (χ2v) is 6.18. The van der Waals surface area contributed by atoms with E-state index in [-0.39, 0.29) is 0 Å². The van der Waals surface area contributed by atoms with Crippen molar-refractivity contribution >= 4 is 0 Å². The van der Waals surface area contributed by atoms with E-state index in [0.29, 0.717) is 5.41 Å². The predicted octanol–water partition coefficient (Wildman–Crippen LogP) is 4.34. The Labute approximate surface area is 113 Å². The fourth-order valence-corrected chi connectivity index (χ4v) is 2.20. The Hall–Kier alpha value is -0.820. The molecule has 0 heterocycles. The molecule has 0 unspecified atom stereocenters. The summed E-state index contributed by atoms with van der Waals surface area (Å²) in [6.07, 6.45) is 4.98. The van der Waals surface area contributed by atoms with E-state index < -0.39 is 0 Å². The second kappa shape index (κ2) is 7.58. The van der Waals surface area contributed by atoms with Gasteiger partial charge in [0, 0.05) is 0 Å². The molecule has 1 heteroatoms. The lowest BCUT2D eigenvalue weighted by Gasteiger charge is -2.25. The molecular formula is C17H29N. The van der Waals surface area contributed by atoms with E-state index >= 15 is 0 Å². The standard InChI is InChI=1S/C17H29N/c1-5-6-12-18-13-11-17(3,4)14-16-9-7-15(2)8-10-16/h7-10,18H,5-6,11-14H2,1-4H3. The third kappa shape index (κ3) is 6.20. The summed E-state index contributed by atoms with van der Waals surface area (Å²) in [5.41, 5.74) is 3.19. The lowest BCUT2D eigenvalue weighted by Crippen LogP contribution is -2.24. The van der Waals surface area contributed by atoms with Crippen LogP contribution in [-0.2, 0) is 6.42 Å². The van der Waals surface area contributed by atoms with Gasteiger partial charge in [0.2, 0.25) is 0 Å². The van der Waals surface area contributed by atoms with Crippen LogP contribution in [0.1, 0.15) is 51.2 Å². The molecule has 0 fully saturated rings. The molecule has 0 amide bonds. The van der Waals surface area contributed by atoms with Crippen LogP contribution in [0.25, 0.3) is 0 Å². The van der Waals surface area contributed by atoms with Crippen LogP contribution < -0.4 is 5.32 Å². The molecule has 0 aromatic heterocycles. The number of hydrogen-bond donors (Lipinski definition) is 1. The largest absolute Gasteiger partial charge is 0.317 e. The van der Waals surface area contributed by atoms with Crippen molar-refractivity contribution in [3.63, 3.8) is 0 Å². The Morgan fingerprint density at radius 1 is 1.06 bits per heavy atom. The van der Waals surface area contributed by atoms with Gasteiger partial charge in [0.1, 0.15) is 0 Å². The number of rotatable bonds is 8. The predicted molar refractivity (Wildman–Crippen MR) is 81.1 cm³/mol. The molecule has 0 bridgehead atoms. The monoisotopic (exact) mass is 247 g/mol. The molecule has 1 N–H and O–H groups in total. The van der Waals surface area contributed by atoms with Crippen LogP contribution >= 0.6 is 0 Å². The minimum absolute atomic E-state index is 0.383. The highest BCUT2D eigenvalue weighted by Gasteiger charge is 2.17. The van der Waals surface area contributed by atoms with Crippen molar-refractivity contribution in [2.45, 2.75) is 53.4 Å². The van der Waals surface area contributed by atoms with E-state index in [4.69, 9.17) is 0 Å². The van der Waals surface area contributed by atoms with Gasteiger partial charge in [0.15, 0.2) is 0 Å². The Morgan fingerprint density at radius 2 is 1.72 bits per heavy atom. The number of unbranched alkanes of at least 4 members (excludes halogenated alkanes) is 1. The Kier molecular flexibility index (Phi) is 6.42. The van der Waals surface area contributed by atoms with Gasteiger partial charge in [0.05, 0.1) is 0 Å². The van der Waals surface area contributed by atoms with Gasteiger partial charge in [-0.2, -0.15) is 0 Å². The normalized spacial score (nSPS) is 11.8. The summed E-state index contributed by atoms with van der Waals surface area (Å²) >= 11 is 0. The molecule has 1 rings (SSSR count). The van der Waals surface area contributed by atoms with Gasteiger partial charge in [0.25, 0.3) is 0 Å². The SMILES string of the molecule is CCCCNCCC(C)(C)Cc1ccc(C)cc1. The van der Waals surface area contributed by atoms with E-state index in [9.17, 15) is 0 Å².